The highest BCUT2D eigenvalue weighted by atomic mass is 19.4. The van der Waals surface area contributed by atoms with E-state index < -0.39 is 23.0 Å². The highest BCUT2D eigenvalue weighted by Crippen LogP contribution is 2.44. The number of anilines is 1. The van der Waals surface area contributed by atoms with Crippen LogP contribution in [0.25, 0.3) is 0 Å². The third kappa shape index (κ3) is 3.69. The molecular weight excluding hydrogens is 390 g/mol. The average Bonchev–Trinajstić information content (AvgIpc) is 2.98. The molecule has 3 aliphatic rings. The number of aliphatic hydroxyl groups excluding tert-OH is 1. The Morgan fingerprint density at radius 2 is 1.86 bits per heavy atom. The zero-order valence-corrected chi connectivity index (χ0v) is 16.1. The topological polar surface area (TPSA) is 56.7 Å². The Morgan fingerprint density at radius 3 is 2.55 bits per heavy atom. The maximum atomic E-state index is 14.6. The van der Waals surface area contributed by atoms with Gasteiger partial charge in [-0.05, 0) is 51.0 Å². The molecule has 3 heterocycles. The van der Waals surface area contributed by atoms with E-state index in [-0.39, 0.29) is 30.4 Å². The van der Waals surface area contributed by atoms with Crippen LogP contribution in [0, 0.1) is 11.2 Å². The number of halogens is 4. The number of rotatable bonds is 2. The van der Waals surface area contributed by atoms with Gasteiger partial charge < -0.3 is 14.9 Å². The van der Waals surface area contributed by atoms with Crippen LogP contribution in [-0.2, 0) is 11.0 Å². The van der Waals surface area contributed by atoms with Crippen molar-refractivity contribution in [2.75, 3.05) is 24.5 Å². The molecule has 9 heteroatoms. The summed E-state index contributed by atoms with van der Waals surface area (Å²) >= 11 is 0. The molecule has 1 aromatic rings. The van der Waals surface area contributed by atoms with Gasteiger partial charge in [-0.3, -0.25) is 4.79 Å². The van der Waals surface area contributed by atoms with Crippen molar-refractivity contribution in [2.45, 2.75) is 63.3 Å². The lowest BCUT2D eigenvalue weighted by Gasteiger charge is -2.41. The van der Waals surface area contributed by atoms with Crippen LogP contribution < -0.4 is 4.90 Å². The molecule has 160 valence electrons. The summed E-state index contributed by atoms with van der Waals surface area (Å²) in [5.41, 5.74) is -2.03. The van der Waals surface area contributed by atoms with E-state index in [0.717, 1.165) is 19.0 Å². The largest absolute Gasteiger partial charge is 0.419 e. The van der Waals surface area contributed by atoms with Gasteiger partial charge in [0.15, 0.2) is 11.6 Å². The zero-order chi connectivity index (χ0) is 20.8. The molecule has 1 saturated carbocycles. The van der Waals surface area contributed by atoms with Crippen molar-refractivity contribution < 1.29 is 27.5 Å². The van der Waals surface area contributed by atoms with Gasteiger partial charge >= 0.3 is 6.18 Å². The fourth-order valence-corrected chi connectivity index (χ4v) is 5.13. The molecule has 0 unspecified atom stereocenters. The number of alkyl halides is 3. The Balaban J connectivity index is 1.54. The summed E-state index contributed by atoms with van der Waals surface area (Å²) in [6.45, 7) is 1.16. The average molecular weight is 415 g/mol. The highest BCUT2D eigenvalue weighted by Gasteiger charge is 2.51. The van der Waals surface area contributed by atoms with Crippen molar-refractivity contribution in [1.29, 1.82) is 0 Å². The number of aromatic nitrogens is 1. The quantitative estimate of drug-likeness (QED) is 0.753. The molecular formula is C20H25F4N3O2. The first-order chi connectivity index (χ1) is 13.7. The van der Waals surface area contributed by atoms with Crippen LogP contribution in [-0.4, -0.2) is 52.7 Å². The van der Waals surface area contributed by atoms with Crippen LogP contribution in [0.5, 0.6) is 0 Å². The minimum atomic E-state index is -4.79. The fourth-order valence-electron chi connectivity index (χ4n) is 5.13. The van der Waals surface area contributed by atoms with Gasteiger partial charge in [-0.25, -0.2) is 9.37 Å². The summed E-state index contributed by atoms with van der Waals surface area (Å²) in [4.78, 5) is 20.5. The smallest absolute Gasteiger partial charge is 0.393 e. The number of hydrogen-bond donors (Lipinski definition) is 1. The van der Waals surface area contributed by atoms with Gasteiger partial charge in [0.25, 0.3) is 0 Å². The summed E-state index contributed by atoms with van der Waals surface area (Å²) in [5, 5.41) is 9.71. The van der Waals surface area contributed by atoms with Crippen LogP contribution in [0.15, 0.2) is 12.3 Å². The van der Waals surface area contributed by atoms with Gasteiger partial charge in [0.05, 0.1) is 17.1 Å². The molecule has 3 fully saturated rings. The lowest BCUT2D eigenvalue weighted by atomic mass is 9.78. The fraction of sp³-hybridized carbons (Fsp3) is 0.700. The lowest BCUT2D eigenvalue weighted by molar-refractivity contribution is -0.140. The standard InChI is InChI=1S/C20H25F4N3O2/c21-16-15(20(22,23)24)6-9-25-17(16)26-10-1-7-19(12-26)8-11-27(18(19)29)13-2-4-14(28)5-3-13/h6,9,13-14,28H,1-5,7-8,10-12H2/t13-,14+,19-/m0/s1. The molecule has 0 bridgehead atoms. The summed E-state index contributed by atoms with van der Waals surface area (Å²) in [6.07, 6.45) is 0.599. The minimum absolute atomic E-state index is 0.0102. The number of pyridine rings is 1. The Hall–Kier alpha value is -1.90. The number of carbonyl (C=O) groups excluding carboxylic acids is 1. The number of amides is 1. The molecule has 5 nitrogen and oxygen atoms in total. The van der Waals surface area contributed by atoms with E-state index >= 15 is 0 Å². The summed E-state index contributed by atoms with van der Waals surface area (Å²) in [7, 11) is 0. The number of hydrogen-bond acceptors (Lipinski definition) is 4. The molecule has 2 aliphatic heterocycles. The van der Waals surface area contributed by atoms with Crippen LogP contribution in [0.2, 0.25) is 0 Å². The summed E-state index contributed by atoms with van der Waals surface area (Å²) in [6, 6.07) is 0.738. The van der Waals surface area contributed by atoms with Crippen molar-refractivity contribution in [3.63, 3.8) is 0 Å². The summed E-state index contributed by atoms with van der Waals surface area (Å²) < 4.78 is 53.8. The SMILES string of the molecule is O=C1N([C@H]2CC[C@@H](O)CC2)CC[C@]12CCCN(c1nccc(C(F)(F)F)c1F)C2. The van der Waals surface area contributed by atoms with Gasteiger partial charge in [0.2, 0.25) is 5.91 Å². The number of aliphatic hydroxyl groups is 1. The monoisotopic (exact) mass is 415 g/mol. The number of carbonyl (C=O) groups is 1. The van der Waals surface area contributed by atoms with Crippen LogP contribution in [0.1, 0.15) is 50.5 Å². The Kier molecular flexibility index (Phi) is 5.21. The predicted molar refractivity (Wildman–Crippen MR) is 97.7 cm³/mol. The van der Waals surface area contributed by atoms with E-state index in [2.05, 4.69) is 4.98 Å². The molecule has 1 amide bonds. The van der Waals surface area contributed by atoms with Crippen molar-refractivity contribution in [3.05, 3.63) is 23.6 Å². The summed E-state index contributed by atoms with van der Waals surface area (Å²) in [5.74, 6) is -1.69. The first-order valence-electron chi connectivity index (χ1n) is 10.2. The second kappa shape index (κ2) is 7.41. The molecule has 1 aliphatic carbocycles. The van der Waals surface area contributed by atoms with E-state index in [4.69, 9.17) is 0 Å². The second-order valence-electron chi connectivity index (χ2n) is 8.51. The first kappa shape index (κ1) is 20.4. The van der Waals surface area contributed by atoms with Crippen LogP contribution in [0.4, 0.5) is 23.4 Å². The lowest BCUT2D eigenvalue weighted by Crippen LogP contribution is -2.50. The third-order valence-corrected chi connectivity index (χ3v) is 6.71. The van der Waals surface area contributed by atoms with E-state index in [1.807, 2.05) is 4.90 Å². The maximum Gasteiger partial charge on any atom is 0.419 e. The maximum absolute atomic E-state index is 14.6. The number of piperidine rings is 1. The first-order valence-corrected chi connectivity index (χ1v) is 10.2. The van der Waals surface area contributed by atoms with Gasteiger partial charge in [-0.2, -0.15) is 13.2 Å². The van der Waals surface area contributed by atoms with Crippen LogP contribution >= 0.6 is 0 Å². The van der Waals surface area contributed by atoms with E-state index in [9.17, 15) is 27.5 Å². The minimum Gasteiger partial charge on any atom is -0.393 e. The van der Waals surface area contributed by atoms with Crippen molar-refractivity contribution in [2.24, 2.45) is 5.41 Å². The van der Waals surface area contributed by atoms with Crippen LogP contribution in [0.3, 0.4) is 0 Å². The molecule has 4 rings (SSSR count). The second-order valence-corrected chi connectivity index (χ2v) is 8.51. The van der Waals surface area contributed by atoms with Crippen molar-refractivity contribution in [1.82, 2.24) is 9.88 Å². The molecule has 0 radical (unpaired) electrons. The number of nitrogens with zero attached hydrogens (tertiary/aromatic N) is 3. The third-order valence-electron chi connectivity index (χ3n) is 6.71. The highest BCUT2D eigenvalue weighted by molar-refractivity contribution is 5.86. The number of likely N-dealkylation sites (tertiary alicyclic amines) is 1. The van der Waals surface area contributed by atoms with E-state index in [0.29, 0.717) is 51.3 Å². The van der Waals surface area contributed by atoms with Crippen molar-refractivity contribution >= 4 is 11.7 Å². The van der Waals surface area contributed by atoms with Gasteiger partial charge in [-0.1, -0.05) is 0 Å². The Labute approximate surface area is 166 Å². The molecule has 2 saturated heterocycles. The normalized spacial score (nSPS) is 31.0. The van der Waals surface area contributed by atoms with Crippen molar-refractivity contribution in [3.8, 4) is 0 Å². The van der Waals surface area contributed by atoms with E-state index in [1.54, 1.807) is 0 Å². The molecule has 1 spiro atoms. The predicted octanol–water partition coefficient (Wildman–Crippen LogP) is 3.36. The van der Waals surface area contributed by atoms with Gasteiger partial charge in [0.1, 0.15) is 0 Å². The molecule has 1 aromatic heterocycles. The Morgan fingerprint density at radius 1 is 1.14 bits per heavy atom. The molecule has 29 heavy (non-hydrogen) atoms. The Bertz CT molecular complexity index is 779. The van der Waals surface area contributed by atoms with Gasteiger partial charge in [0, 0.05) is 31.9 Å². The van der Waals surface area contributed by atoms with E-state index in [1.165, 1.54) is 4.90 Å². The molecule has 0 aromatic carbocycles. The molecule has 1 atom stereocenters. The van der Waals surface area contributed by atoms with Gasteiger partial charge in [-0.15, -0.1) is 0 Å². The molecule has 1 N–H and O–H groups in total. The zero-order valence-electron chi connectivity index (χ0n) is 16.1.